The van der Waals surface area contributed by atoms with E-state index < -0.39 is 21.8 Å². The summed E-state index contributed by atoms with van der Waals surface area (Å²) in [6.45, 7) is 1.32. The Balaban J connectivity index is 2.36. The average molecular weight is 340 g/mol. The van der Waals surface area contributed by atoms with Gasteiger partial charge in [-0.05, 0) is 37.3 Å². The molecule has 7 heteroatoms. The molecule has 0 heterocycles. The molecule has 1 amide bonds. The molecule has 2 rings (SSSR count). The summed E-state index contributed by atoms with van der Waals surface area (Å²) < 4.78 is 24.9. The topological polar surface area (TPSA) is 83.5 Å². The first kappa shape index (κ1) is 16.5. The first-order chi connectivity index (χ1) is 10.3. The first-order valence-electron chi connectivity index (χ1n) is 6.41. The van der Waals surface area contributed by atoms with Crippen molar-refractivity contribution in [1.82, 2.24) is 0 Å². The van der Waals surface area contributed by atoms with Crippen molar-refractivity contribution in [2.45, 2.75) is 22.8 Å². The Morgan fingerprint density at radius 3 is 2.32 bits per heavy atom. The van der Waals surface area contributed by atoms with Crippen LogP contribution < -0.4 is 5.32 Å². The van der Waals surface area contributed by atoms with Crippen molar-refractivity contribution >= 4 is 33.0 Å². The van der Waals surface area contributed by atoms with Crippen molar-refractivity contribution in [3.63, 3.8) is 0 Å². The highest BCUT2D eigenvalue weighted by Crippen LogP contribution is 2.28. The maximum absolute atomic E-state index is 12.4. The molecule has 0 radical (unpaired) electrons. The third-order valence-corrected chi connectivity index (χ3v) is 5.02. The molecule has 2 aromatic rings. The lowest BCUT2D eigenvalue weighted by Gasteiger charge is -2.11. The van der Waals surface area contributed by atoms with E-state index in [1.165, 1.54) is 37.3 Å². The van der Waals surface area contributed by atoms with Crippen molar-refractivity contribution < 1.29 is 18.3 Å². The van der Waals surface area contributed by atoms with Gasteiger partial charge in [0.15, 0.2) is 0 Å². The van der Waals surface area contributed by atoms with Gasteiger partial charge in [0, 0.05) is 0 Å². The van der Waals surface area contributed by atoms with Crippen LogP contribution in [0.1, 0.15) is 6.92 Å². The van der Waals surface area contributed by atoms with Crippen LogP contribution in [0.4, 0.5) is 5.69 Å². The largest absolute Gasteiger partial charge is 0.384 e. The number of amides is 1. The van der Waals surface area contributed by atoms with Gasteiger partial charge in [-0.15, -0.1) is 0 Å². The molecule has 0 saturated heterocycles. The van der Waals surface area contributed by atoms with Crippen LogP contribution in [0.25, 0.3) is 0 Å². The summed E-state index contributed by atoms with van der Waals surface area (Å²) in [6.07, 6.45) is -1.19. The number of benzene rings is 2. The zero-order valence-electron chi connectivity index (χ0n) is 11.7. The highest BCUT2D eigenvalue weighted by Gasteiger charge is 2.19. The Bertz CT molecular complexity index is 788. The fourth-order valence-electron chi connectivity index (χ4n) is 1.74. The number of nitrogens with one attached hydrogen (secondary N) is 1. The molecule has 116 valence electrons. The second-order valence-electron chi connectivity index (χ2n) is 4.62. The zero-order valence-corrected chi connectivity index (χ0v) is 13.2. The van der Waals surface area contributed by atoms with Gasteiger partial charge in [-0.25, -0.2) is 8.42 Å². The molecule has 2 N–H and O–H groups in total. The van der Waals surface area contributed by atoms with Gasteiger partial charge in [-0.1, -0.05) is 29.8 Å². The third kappa shape index (κ3) is 3.47. The van der Waals surface area contributed by atoms with Crippen LogP contribution in [0.3, 0.4) is 0 Å². The van der Waals surface area contributed by atoms with Crippen molar-refractivity contribution in [3.05, 3.63) is 53.6 Å². The highest BCUT2D eigenvalue weighted by molar-refractivity contribution is 7.91. The Morgan fingerprint density at radius 2 is 1.77 bits per heavy atom. The number of sulfone groups is 1. The molecule has 2 aromatic carbocycles. The molecular formula is C15H14ClNO4S. The van der Waals surface area contributed by atoms with Gasteiger partial charge >= 0.3 is 0 Å². The molecule has 0 aliphatic heterocycles. The van der Waals surface area contributed by atoms with Crippen LogP contribution in [0, 0.1) is 0 Å². The number of aliphatic hydroxyl groups is 1. The Labute approximate surface area is 133 Å². The summed E-state index contributed by atoms with van der Waals surface area (Å²) in [6, 6.07) is 12.0. The number of anilines is 1. The molecular weight excluding hydrogens is 326 g/mol. The summed E-state index contributed by atoms with van der Waals surface area (Å²) in [5.74, 6) is -0.624. The van der Waals surface area contributed by atoms with Gasteiger partial charge in [0.2, 0.25) is 9.84 Å². The highest BCUT2D eigenvalue weighted by atomic mass is 35.5. The van der Waals surface area contributed by atoms with E-state index in [1.807, 2.05) is 0 Å². The standard InChI is InChI=1S/C15H14ClNO4S/c1-10(18)15(19)17-14-8-7-12(9-13(14)16)22(20,21)11-5-3-2-4-6-11/h2-10,18H,1H3,(H,17,19). The van der Waals surface area contributed by atoms with Crippen molar-refractivity contribution in [2.75, 3.05) is 5.32 Å². The SMILES string of the molecule is CC(O)C(=O)Nc1ccc(S(=O)(=O)c2ccccc2)cc1Cl. The molecule has 1 unspecified atom stereocenters. The van der Waals surface area contributed by atoms with E-state index in [0.717, 1.165) is 0 Å². The average Bonchev–Trinajstić information content (AvgIpc) is 2.49. The summed E-state index contributed by atoms with van der Waals surface area (Å²) >= 11 is 6.01. The second kappa shape index (κ2) is 6.48. The monoisotopic (exact) mass is 339 g/mol. The zero-order chi connectivity index (χ0) is 16.3. The van der Waals surface area contributed by atoms with Crippen molar-refractivity contribution in [2.24, 2.45) is 0 Å². The number of hydrogen-bond acceptors (Lipinski definition) is 4. The van der Waals surface area contributed by atoms with Gasteiger partial charge in [0.05, 0.1) is 20.5 Å². The molecule has 5 nitrogen and oxygen atoms in total. The predicted molar refractivity (Wildman–Crippen MR) is 83.7 cm³/mol. The Kier molecular flexibility index (Phi) is 4.85. The second-order valence-corrected chi connectivity index (χ2v) is 6.98. The lowest BCUT2D eigenvalue weighted by Crippen LogP contribution is -2.24. The molecule has 0 fully saturated rings. The molecule has 0 aliphatic rings. The number of aliphatic hydroxyl groups excluding tert-OH is 1. The van der Waals surface area contributed by atoms with Crippen LogP contribution in [0.2, 0.25) is 5.02 Å². The fourth-order valence-corrected chi connectivity index (χ4v) is 3.34. The molecule has 0 saturated carbocycles. The van der Waals surface area contributed by atoms with Gasteiger partial charge in [0.25, 0.3) is 5.91 Å². The van der Waals surface area contributed by atoms with E-state index >= 15 is 0 Å². The summed E-state index contributed by atoms with van der Waals surface area (Å²) in [5.41, 5.74) is 0.236. The fraction of sp³-hybridized carbons (Fsp3) is 0.133. The summed E-state index contributed by atoms with van der Waals surface area (Å²) in [5, 5.41) is 11.6. The van der Waals surface area contributed by atoms with E-state index in [1.54, 1.807) is 18.2 Å². The van der Waals surface area contributed by atoms with Gasteiger partial charge in [0.1, 0.15) is 6.10 Å². The Hall–Kier alpha value is -1.89. The van der Waals surface area contributed by atoms with Crippen LogP contribution in [0.15, 0.2) is 58.3 Å². The van der Waals surface area contributed by atoms with Gasteiger partial charge in [-0.3, -0.25) is 4.79 Å². The van der Waals surface area contributed by atoms with E-state index in [0.29, 0.717) is 0 Å². The van der Waals surface area contributed by atoms with Crippen molar-refractivity contribution in [3.8, 4) is 0 Å². The molecule has 1 atom stereocenters. The van der Waals surface area contributed by atoms with E-state index in [-0.39, 0.29) is 20.5 Å². The minimum Gasteiger partial charge on any atom is -0.384 e. The smallest absolute Gasteiger partial charge is 0.252 e. The molecule has 0 aliphatic carbocycles. The van der Waals surface area contributed by atoms with Gasteiger partial charge < -0.3 is 10.4 Å². The molecule has 0 bridgehead atoms. The summed E-state index contributed by atoms with van der Waals surface area (Å²) in [4.78, 5) is 11.6. The normalized spacial score (nSPS) is 12.7. The minimum absolute atomic E-state index is 0.0266. The van der Waals surface area contributed by atoms with Crippen LogP contribution in [-0.4, -0.2) is 25.5 Å². The van der Waals surface area contributed by atoms with E-state index in [2.05, 4.69) is 5.32 Å². The van der Waals surface area contributed by atoms with E-state index in [9.17, 15) is 13.2 Å². The molecule has 0 spiro atoms. The molecule has 0 aromatic heterocycles. The van der Waals surface area contributed by atoms with Crippen LogP contribution >= 0.6 is 11.6 Å². The number of carbonyl (C=O) groups is 1. The molecule has 22 heavy (non-hydrogen) atoms. The third-order valence-electron chi connectivity index (χ3n) is 2.94. The first-order valence-corrected chi connectivity index (χ1v) is 8.27. The number of rotatable bonds is 4. The van der Waals surface area contributed by atoms with Crippen LogP contribution in [0.5, 0.6) is 0 Å². The number of halogens is 1. The quantitative estimate of drug-likeness (QED) is 0.896. The van der Waals surface area contributed by atoms with Crippen molar-refractivity contribution in [1.29, 1.82) is 0 Å². The lowest BCUT2D eigenvalue weighted by atomic mass is 10.3. The minimum atomic E-state index is -3.67. The summed E-state index contributed by atoms with van der Waals surface area (Å²) in [7, 11) is -3.67. The number of hydrogen-bond donors (Lipinski definition) is 2. The van der Waals surface area contributed by atoms with Gasteiger partial charge in [-0.2, -0.15) is 0 Å². The van der Waals surface area contributed by atoms with Crippen LogP contribution in [-0.2, 0) is 14.6 Å². The lowest BCUT2D eigenvalue weighted by molar-refractivity contribution is -0.123. The number of carbonyl (C=O) groups excluding carboxylic acids is 1. The maximum Gasteiger partial charge on any atom is 0.252 e. The maximum atomic E-state index is 12.4. The predicted octanol–water partition coefficient (Wildman–Crippen LogP) is 2.49. The van der Waals surface area contributed by atoms with E-state index in [4.69, 9.17) is 16.7 Å². The Morgan fingerprint density at radius 1 is 1.14 bits per heavy atom.